The van der Waals surface area contributed by atoms with Gasteiger partial charge in [0.15, 0.2) is 0 Å². The number of nitrogens with zero attached hydrogens (tertiary/aromatic N) is 2. The highest BCUT2D eigenvalue weighted by Gasteiger charge is 2.22. The highest BCUT2D eigenvalue weighted by molar-refractivity contribution is 7.16. The van der Waals surface area contributed by atoms with E-state index in [0.717, 1.165) is 59.2 Å². The van der Waals surface area contributed by atoms with Gasteiger partial charge in [0, 0.05) is 15.8 Å². The second-order valence-electron chi connectivity index (χ2n) is 8.36. The molecule has 1 aliphatic rings. The van der Waals surface area contributed by atoms with Gasteiger partial charge in [0.2, 0.25) is 0 Å². The van der Waals surface area contributed by atoms with Gasteiger partial charge in [-0.15, -0.1) is 11.3 Å². The van der Waals surface area contributed by atoms with Gasteiger partial charge in [-0.05, 0) is 74.6 Å². The molecule has 4 aromatic rings. The molecule has 0 radical (unpaired) electrons. The lowest BCUT2D eigenvalue weighted by molar-refractivity contribution is 0.102. The number of aromatic nitrogens is 1. The maximum absolute atomic E-state index is 13.5. The maximum Gasteiger partial charge on any atom is 0.257 e. The van der Waals surface area contributed by atoms with Crippen molar-refractivity contribution in [2.75, 3.05) is 11.9 Å². The van der Waals surface area contributed by atoms with Gasteiger partial charge in [-0.2, -0.15) is 5.26 Å². The van der Waals surface area contributed by atoms with E-state index in [1.165, 1.54) is 11.3 Å². The predicted molar refractivity (Wildman–Crippen MR) is 137 cm³/mol. The molecule has 6 heteroatoms. The van der Waals surface area contributed by atoms with E-state index >= 15 is 0 Å². The third-order valence-corrected chi connectivity index (χ3v) is 7.39. The van der Waals surface area contributed by atoms with Crippen LogP contribution < -0.4 is 10.1 Å². The smallest absolute Gasteiger partial charge is 0.257 e. The first-order valence-electron chi connectivity index (χ1n) is 11.7. The van der Waals surface area contributed by atoms with Crippen LogP contribution in [0, 0.1) is 11.3 Å². The Hall–Kier alpha value is -3.69. The van der Waals surface area contributed by atoms with Crippen molar-refractivity contribution in [2.24, 2.45) is 0 Å². The molecule has 1 aliphatic carbocycles. The highest BCUT2D eigenvalue weighted by atomic mass is 32.1. The monoisotopic (exact) mass is 467 g/mol. The van der Waals surface area contributed by atoms with Gasteiger partial charge in [0.25, 0.3) is 5.91 Å². The average Bonchev–Trinajstić information content (AvgIpc) is 3.02. The molecule has 0 aliphatic heterocycles. The molecule has 170 valence electrons. The van der Waals surface area contributed by atoms with Gasteiger partial charge in [-0.3, -0.25) is 4.79 Å². The van der Waals surface area contributed by atoms with Gasteiger partial charge in [0.1, 0.15) is 16.8 Å². The van der Waals surface area contributed by atoms with Crippen molar-refractivity contribution in [3.63, 3.8) is 0 Å². The lowest BCUT2D eigenvalue weighted by atomic mass is 10.0. The summed E-state index contributed by atoms with van der Waals surface area (Å²) in [6.07, 6.45) is 5.29. The van der Waals surface area contributed by atoms with Gasteiger partial charge < -0.3 is 10.1 Å². The number of aryl methyl sites for hydroxylation is 1. The number of amides is 1. The van der Waals surface area contributed by atoms with Crippen molar-refractivity contribution >= 4 is 33.1 Å². The van der Waals surface area contributed by atoms with E-state index in [1.807, 2.05) is 61.5 Å². The van der Waals surface area contributed by atoms with Crippen LogP contribution in [0.3, 0.4) is 0 Å². The summed E-state index contributed by atoms with van der Waals surface area (Å²) in [7, 11) is 0. The molecule has 0 spiro atoms. The number of para-hydroxylation sites is 1. The minimum atomic E-state index is -0.223. The zero-order valence-corrected chi connectivity index (χ0v) is 19.9. The van der Waals surface area contributed by atoms with Crippen LogP contribution in [0.4, 0.5) is 5.00 Å². The first-order chi connectivity index (χ1) is 16.7. The molecule has 0 atom stereocenters. The quantitative estimate of drug-likeness (QED) is 0.329. The summed E-state index contributed by atoms with van der Waals surface area (Å²) in [6.45, 7) is 2.56. The van der Waals surface area contributed by atoms with Crippen LogP contribution in [0.15, 0.2) is 54.6 Å². The number of hydrogen-bond acceptors (Lipinski definition) is 5. The number of fused-ring (bicyclic) bond motifs is 2. The SMILES string of the molecule is CCOc1ccc(-c2cc(C(=O)Nc3sc4c(c3C#N)CCCCC4)c3ccccc3n2)cc1. The molecule has 1 amide bonds. The second kappa shape index (κ2) is 9.66. The third kappa shape index (κ3) is 4.27. The fourth-order valence-electron chi connectivity index (χ4n) is 4.52. The number of ether oxygens (including phenoxy) is 1. The molecule has 2 aromatic carbocycles. The largest absolute Gasteiger partial charge is 0.494 e. The summed E-state index contributed by atoms with van der Waals surface area (Å²) in [6, 6.07) is 19.6. The van der Waals surface area contributed by atoms with E-state index in [1.54, 1.807) is 11.3 Å². The number of nitriles is 1. The standard InChI is InChI=1S/C28H25N3O2S/c1-2-33-19-14-12-18(13-15-19)25-16-22(20-8-6-7-10-24(20)30-25)27(32)31-28-23(17-29)21-9-4-3-5-11-26(21)34-28/h6-8,10,12-16H,2-5,9,11H2,1H3,(H,31,32). The van der Waals surface area contributed by atoms with E-state index in [4.69, 9.17) is 9.72 Å². The van der Waals surface area contributed by atoms with Crippen molar-refractivity contribution in [1.82, 2.24) is 4.98 Å². The molecular formula is C28H25N3O2S. The first-order valence-corrected chi connectivity index (χ1v) is 12.5. The average molecular weight is 468 g/mol. The third-order valence-electron chi connectivity index (χ3n) is 6.18. The summed E-state index contributed by atoms with van der Waals surface area (Å²) in [5, 5.41) is 14.3. The Kier molecular flexibility index (Phi) is 6.29. The molecule has 0 saturated heterocycles. The molecule has 0 bridgehead atoms. The van der Waals surface area contributed by atoms with Crippen molar-refractivity contribution < 1.29 is 9.53 Å². The highest BCUT2D eigenvalue weighted by Crippen LogP contribution is 2.37. The summed E-state index contributed by atoms with van der Waals surface area (Å²) < 4.78 is 5.55. The summed E-state index contributed by atoms with van der Waals surface area (Å²) in [5.41, 5.74) is 4.66. The number of carbonyl (C=O) groups excluding carboxylic acids is 1. The molecule has 0 fully saturated rings. The first kappa shape index (κ1) is 22.1. The van der Waals surface area contributed by atoms with Crippen molar-refractivity contribution in [3.05, 3.63) is 76.2 Å². The minimum Gasteiger partial charge on any atom is -0.494 e. The molecule has 1 N–H and O–H groups in total. The van der Waals surface area contributed by atoms with Crippen molar-refractivity contribution in [2.45, 2.75) is 39.0 Å². The van der Waals surface area contributed by atoms with Gasteiger partial charge in [-0.25, -0.2) is 4.98 Å². The Balaban J connectivity index is 1.53. The summed E-state index contributed by atoms with van der Waals surface area (Å²) in [4.78, 5) is 19.6. The summed E-state index contributed by atoms with van der Waals surface area (Å²) >= 11 is 1.55. The number of thiophene rings is 1. The number of rotatable bonds is 5. The zero-order valence-electron chi connectivity index (χ0n) is 19.1. The lowest BCUT2D eigenvalue weighted by Gasteiger charge is -2.11. The Labute approximate surface area is 203 Å². The van der Waals surface area contributed by atoms with Crippen LogP contribution in [-0.4, -0.2) is 17.5 Å². The van der Waals surface area contributed by atoms with Gasteiger partial charge >= 0.3 is 0 Å². The Bertz CT molecular complexity index is 1400. The van der Waals surface area contributed by atoms with E-state index in [2.05, 4.69) is 11.4 Å². The van der Waals surface area contributed by atoms with Crippen LogP contribution >= 0.6 is 11.3 Å². The van der Waals surface area contributed by atoms with Gasteiger partial charge in [-0.1, -0.05) is 24.6 Å². The van der Waals surface area contributed by atoms with E-state index in [-0.39, 0.29) is 5.91 Å². The topological polar surface area (TPSA) is 75.0 Å². The Morgan fingerprint density at radius 2 is 1.91 bits per heavy atom. The van der Waals surface area contributed by atoms with Crippen LogP contribution in [-0.2, 0) is 12.8 Å². The van der Waals surface area contributed by atoms with Crippen LogP contribution in [0.25, 0.3) is 22.2 Å². The lowest BCUT2D eigenvalue weighted by Crippen LogP contribution is -2.13. The molecule has 0 saturated carbocycles. The molecule has 5 nitrogen and oxygen atoms in total. The normalized spacial score (nSPS) is 13.1. The Morgan fingerprint density at radius 1 is 1.12 bits per heavy atom. The molecule has 2 heterocycles. The number of benzene rings is 2. The molecule has 0 unspecified atom stereocenters. The fourth-order valence-corrected chi connectivity index (χ4v) is 5.75. The molecular weight excluding hydrogens is 442 g/mol. The number of nitrogens with one attached hydrogen (secondary N) is 1. The molecule has 5 rings (SSSR count). The van der Waals surface area contributed by atoms with Gasteiger partial charge in [0.05, 0.1) is 28.9 Å². The fraction of sp³-hybridized carbons (Fsp3) is 0.250. The number of anilines is 1. The van der Waals surface area contributed by atoms with Crippen LogP contribution in [0.2, 0.25) is 0 Å². The number of hydrogen-bond donors (Lipinski definition) is 1. The minimum absolute atomic E-state index is 0.223. The van der Waals surface area contributed by atoms with Crippen LogP contribution in [0.5, 0.6) is 5.75 Å². The van der Waals surface area contributed by atoms with E-state index < -0.39 is 0 Å². The van der Waals surface area contributed by atoms with E-state index in [9.17, 15) is 10.1 Å². The zero-order chi connectivity index (χ0) is 23.5. The van der Waals surface area contributed by atoms with E-state index in [0.29, 0.717) is 22.7 Å². The Morgan fingerprint density at radius 3 is 2.71 bits per heavy atom. The number of carbonyl (C=O) groups is 1. The van der Waals surface area contributed by atoms with Crippen molar-refractivity contribution in [3.8, 4) is 23.1 Å². The second-order valence-corrected chi connectivity index (χ2v) is 9.47. The summed E-state index contributed by atoms with van der Waals surface area (Å²) in [5.74, 6) is 0.574. The maximum atomic E-state index is 13.5. The van der Waals surface area contributed by atoms with Crippen LogP contribution in [0.1, 0.15) is 52.5 Å². The number of pyridine rings is 1. The predicted octanol–water partition coefficient (Wildman–Crippen LogP) is 6.75. The molecule has 34 heavy (non-hydrogen) atoms. The van der Waals surface area contributed by atoms with Crippen molar-refractivity contribution in [1.29, 1.82) is 5.26 Å². The molecule has 2 aromatic heterocycles.